The molecule has 0 radical (unpaired) electrons. The molecule has 0 bridgehead atoms. The molecule has 2 rings (SSSR count). The van der Waals surface area contributed by atoms with E-state index in [0.29, 0.717) is 17.8 Å². The molecule has 1 aliphatic heterocycles. The number of Topliss-reactive ketones (excluding diaryl/α,β-unsaturated/α-hetero) is 1. The number of anilines is 1. The topological polar surface area (TPSA) is 37.4 Å². The van der Waals surface area contributed by atoms with Gasteiger partial charge in [-0.25, -0.2) is 4.39 Å². The van der Waals surface area contributed by atoms with Crippen molar-refractivity contribution in [2.75, 3.05) is 11.4 Å². The molecule has 0 fully saturated rings. The quantitative estimate of drug-likeness (QED) is 0.756. The third kappa shape index (κ3) is 2.28. The van der Waals surface area contributed by atoms with Crippen LogP contribution in [0.2, 0.25) is 0 Å². The minimum Gasteiger partial charge on any atom is -0.305 e. The van der Waals surface area contributed by atoms with Crippen molar-refractivity contribution in [3.05, 3.63) is 29.6 Å². The van der Waals surface area contributed by atoms with Crippen molar-refractivity contribution in [2.45, 2.75) is 27.2 Å². The molecule has 0 unspecified atom stereocenters. The Balaban J connectivity index is 2.30. The molecular formula is C14H16FNO2. The molecule has 0 N–H and O–H groups in total. The molecule has 0 atom stereocenters. The highest BCUT2D eigenvalue weighted by atomic mass is 19.1. The first-order chi connectivity index (χ1) is 8.29. The molecule has 0 spiro atoms. The molecule has 0 aliphatic carbocycles. The summed E-state index contributed by atoms with van der Waals surface area (Å²) < 4.78 is 13.2. The summed E-state index contributed by atoms with van der Waals surface area (Å²) in [7, 11) is 0. The predicted molar refractivity (Wildman–Crippen MR) is 67.2 cm³/mol. The van der Waals surface area contributed by atoms with Gasteiger partial charge in [0.05, 0.1) is 11.3 Å². The van der Waals surface area contributed by atoms with Crippen LogP contribution in [0.1, 0.15) is 37.6 Å². The molecule has 0 saturated carbocycles. The Hall–Kier alpha value is -1.71. The van der Waals surface area contributed by atoms with Gasteiger partial charge in [-0.3, -0.25) is 9.59 Å². The molecule has 0 saturated heterocycles. The van der Waals surface area contributed by atoms with Gasteiger partial charge in [0, 0.05) is 6.54 Å². The molecule has 1 aromatic carbocycles. The monoisotopic (exact) mass is 249 g/mol. The summed E-state index contributed by atoms with van der Waals surface area (Å²) in [5.74, 6) is -1.53. The van der Waals surface area contributed by atoms with E-state index in [0.717, 1.165) is 6.42 Å². The lowest BCUT2D eigenvalue weighted by atomic mass is 9.92. The van der Waals surface area contributed by atoms with E-state index in [2.05, 4.69) is 20.8 Å². The Bertz CT molecular complexity index is 517. The summed E-state index contributed by atoms with van der Waals surface area (Å²) in [5.41, 5.74) is 0.754. The van der Waals surface area contributed by atoms with Crippen molar-refractivity contribution in [1.29, 1.82) is 0 Å². The van der Waals surface area contributed by atoms with Crippen molar-refractivity contribution >= 4 is 17.4 Å². The average Bonchev–Trinajstić information content (AvgIpc) is 2.48. The fraction of sp³-hybridized carbons (Fsp3) is 0.429. The van der Waals surface area contributed by atoms with E-state index >= 15 is 0 Å². The van der Waals surface area contributed by atoms with Crippen molar-refractivity contribution in [2.24, 2.45) is 5.41 Å². The number of hydrogen-bond donors (Lipinski definition) is 0. The number of fused-ring (bicyclic) bond motifs is 1. The summed E-state index contributed by atoms with van der Waals surface area (Å²) in [6.45, 7) is 6.61. The normalized spacial score (nSPS) is 15.2. The second-order valence-electron chi connectivity index (χ2n) is 5.76. The van der Waals surface area contributed by atoms with Gasteiger partial charge in [-0.15, -0.1) is 0 Å². The molecule has 1 aliphatic rings. The van der Waals surface area contributed by atoms with Crippen LogP contribution in [0.15, 0.2) is 18.2 Å². The van der Waals surface area contributed by atoms with E-state index in [4.69, 9.17) is 0 Å². The highest BCUT2D eigenvalue weighted by molar-refractivity contribution is 6.52. The minimum absolute atomic E-state index is 0.0550. The lowest BCUT2D eigenvalue weighted by Gasteiger charge is -2.23. The standard InChI is InChI=1S/C14H16FNO2/c1-14(2,3)6-7-16-11-8-9(15)4-5-10(11)12(17)13(16)18/h4-5,8H,6-7H2,1-3H3. The third-order valence-electron chi connectivity index (χ3n) is 3.02. The van der Waals surface area contributed by atoms with Crippen LogP contribution in [0.4, 0.5) is 10.1 Å². The summed E-state index contributed by atoms with van der Waals surface area (Å²) in [6.07, 6.45) is 0.752. The maximum Gasteiger partial charge on any atom is 0.299 e. The first-order valence-electron chi connectivity index (χ1n) is 5.95. The number of amides is 1. The van der Waals surface area contributed by atoms with Gasteiger partial charge in [-0.05, 0) is 30.0 Å². The van der Waals surface area contributed by atoms with Gasteiger partial charge >= 0.3 is 0 Å². The summed E-state index contributed by atoms with van der Waals surface area (Å²) in [5, 5.41) is 0. The Morgan fingerprint density at radius 1 is 1.22 bits per heavy atom. The van der Waals surface area contributed by atoms with Gasteiger partial charge in [0.2, 0.25) is 0 Å². The lowest BCUT2D eigenvalue weighted by molar-refractivity contribution is -0.114. The maximum absolute atomic E-state index is 13.2. The molecular weight excluding hydrogens is 233 g/mol. The number of benzene rings is 1. The average molecular weight is 249 g/mol. The van der Waals surface area contributed by atoms with Gasteiger partial charge in [0.1, 0.15) is 5.82 Å². The number of halogens is 1. The smallest absolute Gasteiger partial charge is 0.299 e. The molecule has 1 amide bonds. The highest BCUT2D eigenvalue weighted by Crippen LogP contribution is 2.31. The Morgan fingerprint density at radius 3 is 2.50 bits per heavy atom. The van der Waals surface area contributed by atoms with Gasteiger partial charge < -0.3 is 4.90 Å². The first kappa shape index (κ1) is 12.7. The number of rotatable bonds is 2. The molecule has 4 heteroatoms. The number of carbonyl (C=O) groups is 2. The van der Waals surface area contributed by atoms with E-state index in [1.807, 2.05) is 0 Å². The van der Waals surface area contributed by atoms with Crippen LogP contribution < -0.4 is 4.90 Å². The molecule has 1 aromatic rings. The zero-order chi connectivity index (χ0) is 13.5. The lowest BCUT2D eigenvalue weighted by Crippen LogP contribution is -2.32. The Kier molecular flexibility index (Phi) is 2.97. The first-order valence-corrected chi connectivity index (χ1v) is 5.95. The van der Waals surface area contributed by atoms with E-state index in [1.54, 1.807) is 0 Å². The highest BCUT2D eigenvalue weighted by Gasteiger charge is 2.36. The molecule has 0 aromatic heterocycles. The van der Waals surface area contributed by atoms with Crippen LogP contribution in [0.5, 0.6) is 0 Å². The van der Waals surface area contributed by atoms with Crippen molar-refractivity contribution in [1.82, 2.24) is 0 Å². The number of ketones is 1. The van der Waals surface area contributed by atoms with E-state index < -0.39 is 17.5 Å². The van der Waals surface area contributed by atoms with E-state index in [-0.39, 0.29) is 5.41 Å². The summed E-state index contributed by atoms with van der Waals surface area (Å²) in [6, 6.07) is 3.83. The molecule has 18 heavy (non-hydrogen) atoms. The molecule has 3 nitrogen and oxygen atoms in total. The number of carbonyl (C=O) groups excluding carboxylic acids is 2. The van der Waals surface area contributed by atoms with E-state index in [1.165, 1.54) is 23.1 Å². The second-order valence-corrected chi connectivity index (χ2v) is 5.76. The van der Waals surface area contributed by atoms with E-state index in [9.17, 15) is 14.0 Å². The fourth-order valence-electron chi connectivity index (χ4n) is 1.94. The summed E-state index contributed by atoms with van der Waals surface area (Å²) in [4.78, 5) is 25.0. The zero-order valence-corrected chi connectivity index (χ0v) is 10.8. The van der Waals surface area contributed by atoms with Gasteiger partial charge in [-0.2, -0.15) is 0 Å². The van der Waals surface area contributed by atoms with Gasteiger partial charge in [0.15, 0.2) is 0 Å². The van der Waals surface area contributed by atoms with Crippen molar-refractivity contribution < 1.29 is 14.0 Å². The fourth-order valence-corrected chi connectivity index (χ4v) is 1.94. The number of hydrogen-bond acceptors (Lipinski definition) is 2. The predicted octanol–water partition coefficient (Wildman–Crippen LogP) is 2.79. The second kappa shape index (κ2) is 4.19. The van der Waals surface area contributed by atoms with Crippen LogP contribution in [0.25, 0.3) is 0 Å². The van der Waals surface area contributed by atoms with Crippen LogP contribution >= 0.6 is 0 Å². The van der Waals surface area contributed by atoms with Crippen molar-refractivity contribution in [3.8, 4) is 0 Å². The molecule has 96 valence electrons. The zero-order valence-electron chi connectivity index (χ0n) is 10.8. The molecule has 1 heterocycles. The van der Waals surface area contributed by atoms with Gasteiger partial charge in [-0.1, -0.05) is 20.8 Å². The number of nitrogens with zero attached hydrogens (tertiary/aromatic N) is 1. The van der Waals surface area contributed by atoms with Crippen LogP contribution in [0, 0.1) is 11.2 Å². The largest absolute Gasteiger partial charge is 0.305 e. The van der Waals surface area contributed by atoms with Crippen LogP contribution in [0.3, 0.4) is 0 Å². The SMILES string of the molecule is CC(C)(C)CCN1C(=O)C(=O)c2ccc(F)cc21. The minimum atomic E-state index is -0.556. The Labute approximate surface area is 106 Å². The van der Waals surface area contributed by atoms with Crippen LogP contribution in [-0.2, 0) is 4.79 Å². The van der Waals surface area contributed by atoms with Crippen molar-refractivity contribution in [3.63, 3.8) is 0 Å². The maximum atomic E-state index is 13.2. The van der Waals surface area contributed by atoms with Crippen LogP contribution in [-0.4, -0.2) is 18.2 Å². The Morgan fingerprint density at radius 2 is 1.89 bits per heavy atom. The summed E-state index contributed by atoms with van der Waals surface area (Å²) >= 11 is 0. The third-order valence-corrected chi connectivity index (χ3v) is 3.02. The van der Waals surface area contributed by atoms with Gasteiger partial charge in [0.25, 0.3) is 11.7 Å².